The van der Waals surface area contributed by atoms with E-state index in [1.54, 1.807) is 0 Å². The summed E-state index contributed by atoms with van der Waals surface area (Å²) in [6.45, 7) is 9.10. The van der Waals surface area contributed by atoms with Crippen molar-refractivity contribution in [3.63, 3.8) is 0 Å². The molecule has 0 saturated heterocycles. The maximum Gasteiger partial charge on any atom is -0.0533 e. The van der Waals surface area contributed by atoms with Crippen molar-refractivity contribution in [3.05, 3.63) is 0 Å². The largest absolute Gasteiger partial charge is 0.0654 e. The first-order chi connectivity index (χ1) is 10.8. The van der Waals surface area contributed by atoms with Crippen LogP contribution >= 0.6 is 0 Å². The molecule has 0 spiro atoms. The van der Waals surface area contributed by atoms with Gasteiger partial charge in [0.25, 0.3) is 0 Å². The lowest BCUT2D eigenvalue weighted by atomic mass is 10.1. The first kappa shape index (κ1) is 24.3. The van der Waals surface area contributed by atoms with E-state index in [2.05, 4.69) is 27.7 Å². The van der Waals surface area contributed by atoms with E-state index in [4.69, 9.17) is 0 Å². The second kappa shape index (κ2) is 25.9. The third-order valence-electron chi connectivity index (χ3n) is 4.41. The fourth-order valence-corrected chi connectivity index (χ4v) is 2.77. The third-order valence-corrected chi connectivity index (χ3v) is 4.41. The monoisotopic (exact) mass is 312 g/mol. The zero-order valence-electron chi connectivity index (χ0n) is 16.7. The molecule has 0 saturated carbocycles. The van der Waals surface area contributed by atoms with Gasteiger partial charge in [0.1, 0.15) is 0 Å². The van der Waals surface area contributed by atoms with Gasteiger partial charge in [0.05, 0.1) is 0 Å². The Morgan fingerprint density at radius 2 is 0.364 bits per heavy atom. The lowest BCUT2D eigenvalue weighted by Gasteiger charge is -1.99. The zero-order valence-corrected chi connectivity index (χ0v) is 16.7. The molecule has 0 N–H and O–H groups in total. The molecule has 0 heterocycles. The molecule has 0 nitrogen and oxygen atoms in total. The Bertz CT molecular complexity index is 132. The zero-order chi connectivity index (χ0) is 16.7. The van der Waals surface area contributed by atoms with Gasteiger partial charge in [-0.25, -0.2) is 0 Å². The summed E-state index contributed by atoms with van der Waals surface area (Å²) in [6, 6.07) is 0. The maximum absolute atomic E-state index is 2.28. The Balaban J connectivity index is 0. The minimum Gasteiger partial charge on any atom is -0.0654 e. The molecule has 0 radical (unpaired) electrons. The quantitative estimate of drug-likeness (QED) is 0.249. The van der Waals surface area contributed by atoms with E-state index in [1.807, 2.05) is 0 Å². The summed E-state index contributed by atoms with van der Waals surface area (Å²) in [4.78, 5) is 0. The van der Waals surface area contributed by atoms with Crippen LogP contribution in [-0.4, -0.2) is 0 Å². The molecular weight excluding hydrogens is 264 g/mol. The fourth-order valence-electron chi connectivity index (χ4n) is 2.77. The van der Waals surface area contributed by atoms with E-state index in [9.17, 15) is 0 Å². The van der Waals surface area contributed by atoms with Crippen molar-refractivity contribution in [1.29, 1.82) is 0 Å². The molecule has 0 aromatic rings. The van der Waals surface area contributed by atoms with Crippen LogP contribution < -0.4 is 0 Å². The highest BCUT2D eigenvalue weighted by atomic mass is 14.0. The van der Waals surface area contributed by atoms with Crippen molar-refractivity contribution in [3.8, 4) is 0 Å². The normalized spacial score (nSPS) is 10.4. The standard InChI is InChI=1S/C12H26.C10H22/c1-3-5-7-9-11-12-10-8-6-4-2;1-3-5-7-9-10-8-6-4-2/h3-12H2,1-2H3;3-10H2,1-2H3. The molecule has 0 aliphatic heterocycles. The lowest BCUT2D eigenvalue weighted by molar-refractivity contribution is 0.562. The minimum atomic E-state index is 1.37. The van der Waals surface area contributed by atoms with E-state index in [0.29, 0.717) is 0 Å². The predicted molar refractivity (Wildman–Crippen MR) is 106 cm³/mol. The summed E-state index contributed by atoms with van der Waals surface area (Å²) < 4.78 is 0. The fraction of sp³-hybridized carbons (Fsp3) is 1.00. The first-order valence-electron chi connectivity index (χ1n) is 10.8. The average Bonchev–Trinajstić information content (AvgIpc) is 2.54. The van der Waals surface area contributed by atoms with E-state index < -0.39 is 0 Å². The molecule has 0 unspecified atom stereocenters. The Morgan fingerprint density at radius 3 is 0.500 bits per heavy atom. The smallest absolute Gasteiger partial charge is 0.0533 e. The molecule has 0 aromatic heterocycles. The number of hydrogen-bond donors (Lipinski definition) is 0. The Hall–Kier alpha value is 0. The van der Waals surface area contributed by atoms with Crippen molar-refractivity contribution in [1.82, 2.24) is 0 Å². The van der Waals surface area contributed by atoms with Gasteiger partial charge in [-0.3, -0.25) is 0 Å². The highest BCUT2D eigenvalue weighted by Gasteiger charge is 1.90. The first-order valence-corrected chi connectivity index (χ1v) is 10.8. The Morgan fingerprint density at radius 1 is 0.227 bits per heavy atom. The topological polar surface area (TPSA) is 0 Å². The van der Waals surface area contributed by atoms with Gasteiger partial charge < -0.3 is 0 Å². The predicted octanol–water partition coefficient (Wildman–Crippen LogP) is 9.07. The van der Waals surface area contributed by atoms with Crippen LogP contribution in [-0.2, 0) is 0 Å². The maximum atomic E-state index is 2.28. The molecule has 0 heteroatoms. The third kappa shape index (κ3) is 28.2. The molecular formula is C22H48. The van der Waals surface area contributed by atoms with E-state index >= 15 is 0 Å². The van der Waals surface area contributed by atoms with Gasteiger partial charge in [0, 0.05) is 0 Å². The van der Waals surface area contributed by atoms with Gasteiger partial charge in [-0.05, 0) is 0 Å². The summed E-state index contributed by atoms with van der Waals surface area (Å²) in [5.74, 6) is 0. The minimum absolute atomic E-state index is 1.37. The molecule has 22 heavy (non-hydrogen) atoms. The molecule has 0 aliphatic rings. The van der Waals surface area contributed by atoms with Gasteiger partial charge >= 0.3 is 0 Å². The molecule has 0 rings (SSSR count). The Kier molecular flexibility index (Phi) is 28.6. The molecule has 136 valence electrons. The van der Waals surface area contributed by atoms with E-state index in [1.165, 1.54) is 116 Å². The lowest BCUT2D eigenvalue weighted by Crippen LogP contribution is -1.80. The van der Waals surface area contributed by atoms with Gasteiger partial charge in [0.15, 0.2) is 0 Å². The van der Waals surface area contributed by atoms with Crippen LogP contribution in [0.4, 0.5) is 0 Å². The molecule has 0 bridgehead atoms. The van der Waals surface area contributed by atoms with Crippen LogP contribution in [0.5, 0.6) is 0 Å². The molecule has 0 aromatic carbocycles. The number of rotatable bonds is 16. The Labute approximate surface area is 143 Å². The molecule has 0 atom stereocenters. The van der Waals surface area contributed by atoms with Gasteiger partial charge in [-0.1, -0.05) is 143 Å². The second-order valence-electron chi connectivity index (χ2n) is 6.95. The van der Waals surface area contributed by atoms with Gasteiger partial charge in [-0.15, -0.1) is 0 Å². The van der Waals surface area contributed by atoms with Crippen LogP contribution in [0.1, 0.15) is 143 Å². The average molecular weight is 313 g/mol. The highest BCUT2D eigenvalue weighted by molar-refractivity contribution is 4.46. The number of unbranched alkanes of at least 4 members (excludes halogenated alkanes) is 16. The molecule has 0 aliphatic carbocycles. The molecule has 0 amide bonds. The SMILES string of the molecule is CCCCCCCCCC.CCCCCCCCCCCC. The van der Waals surface area contributed by atoms with E-state index in [-0.39, 0.29) is 0 Å². The van der Waals surface area contributed by atoms with Crippen LogP contribution in [0.25, 0.3) is 0 Å². The summed E-state index contributed by atoms with van der Waals surface area (Å²) in [7, 11) is 0. The van der Waals surface area contributed by atoms with Crippen molar-refractivity contribution in [2.75, 3.05) is 0 Å². The van der Waals surface area contributed by atoms with Crippen LogP contribution in [0, 0.1) is 0 Å². The van der Waals surface area contributed by atoms with Crippen molar-refractivity contribution >= 4 is 0 Å². The summed E-state index contributed by atoms with van der Waals surface area (Å²) in [6.07, 6.45) is 25.9. The summed E-state index contributed by atoms with van der Waals surface area (Å²) in [5, 5.41) is 0. The van der Waals surface area contributed by atoms with Gasteiger partial charge in [-0.2, -0.15) is 0 Å². The second-order valence-corrected chi connectivity index (χ2v) is 6.95. The molecule has 0 fully saturated rings. The van der Waals surface area contributed by atoms with Crippen molar-refractivity contribution < 1.29 is 0 Å². The van der Waals surface area contributed by atoms with Crippen LogP contribution in [0.15, 0.2) is 0 Å². The summed E-state index contributed by atoms with van der Waals surface area (Å²) >= 11 is 0. The van der Waals surface area contributed by atoms with E-state index in [0.717, 1.165) is 0 Å². The van der Waals surface area contributed by atoms with Crippen molar-refractivity contribution in [2.45, 2.75) is 143 Å². The number of hydrogen-bond acceptors (Lipinski definition) is 0. The van der Waals surface area contributed by atoms with Crippen LogP contribution in [0.2, 0.25) is 0 Å². The van der Waals surface area contributed by atoms with Crippen molar-refractivity contribution in [2.24, 2.45) is 0 Å². The van der Waals surface area contributed by atoms with Crippen LogP contribution in [0.3, 0.4) is 0 Å². The summed E-state index contributed by atoms with van der Waals surface area (Å²) in [5.41, 5.74) is 0. The van der Waals surface area contributed by atoms with Gasteiger partial charge in [0.2, 0.25) is 0 Å². The highest BCUT2D eigenvalue weighted by Crippen LogP contribution is 2.10.